The minimum Gasteiger partial charge on any atom is -0.392 e. The van der Waals surface area contributed by atoms with Crippen molar-refractivity contribution in [2.24, 2.45) is 0 Å². The Balaban J connectivity index is 1.47. The van der Waals surface area contributed by atoms with Crippen LogP contribution in [0.2, 0.25) is 0 Å². The van der Waals surface area contributed by atoms with Crippen LogP contribution in [0.1, 0.15) is 23.6 Å². The molecule has 1 aromatic heterocycles. The zero-order chi connectivity index (χ0) is 20.2. The smallest absolute Gasteiger partial charge is 0.248 e. The molecule has 0 radical (unpaired) electrons. The maximum atomic E-state index is 12.8. The molecule has 6 nitrogen and oxygen atoms in total. The van der Waals surface area contributed by atoms with Crippen molar-refractivity contribution in [2.45, 2.75) is 25.0 Å². The molecular formula is C23H25N3O3. The van der Waals surface area contributed by atoms with E-state index in [9.17, 15) is 14.7 Å². The number of carbonyl (C=O) groups excluding carboxylic acids is 1. The molecule has 2 aromatic carbocycles. The number of fused-ring (bicyclic) bond motifs is 1. The molecule has 1 saturated heterocycles. The number of pyridine rings is 1. The third-order valence-electron chi connectivity index (χ3n) is 5.38. The quantitative estimate of drug-likeness (QED) is 0.600. The molecule has 0 bridgehead atoms. The zero-order valence-electron chi connectivity index (χ0n) is 16.2. The molecule has 1 aliphatic heterocycles. The van der Waals surface area contributed by atoms with Gasteiger partial charge in [-0.1, -0.05) is 36.4 Å². The van der Waals surface area contributed by atoms with Crippen LogP contribution in [0, 0.1) is 0 Å². The number of aromatic nitrogens is 1. The predicted molar refractivity (Wildman–Crippen MR) is 113 cm³/mol. The van der Waals surface area contributed by atoms with E-state index in [0.29, 0.717) is 13.1 Å². The van der Waals surface area contributed by atoms with Gasteiger partial charge in [-0.2, -0.15) is 0 Å². The Labute approximate surface area is 169 Å². The van der Waals surface area contributed by atoms with E-state index in [0.717, 1.165) is 35.0 Å². The van der Waals surface area contributed by atoms with Gasteiger partial charge in [-0.05, 0) is 41.1 Å². The van der Waals surface area contributed by atoms with Gasteiger partial charge in [-0.3, -0.25) is 14.5 Å². The number of rotatable bonds is 6. The topological polar surface area (TPSA) is 85.4 Å². The van der Waals surface area contributed by atoms with Gasteiger partial charge < -0.3 is 15.4 Å². The highest BCUT2D eigenvalue weighted by molar-refractivity contribution is 5.83. The molecule has 0 saturated carbocycles. The van der Waals surface area contributed by atoms with E-state index in [2.05, 4.69) is 15.2 Å². The molecule has 0 unspecified atom stereocenters. The highest BCUT2D eigenvalue weighted by Crippen LogP contribution is 2.19. The fourth-order valence-corrected chi connectivity index (χ4v) is 3.90. The van der Waals surface area contributed by atoms with Crippen LogP contribution in [-0.2, 0) is 11.2 Å². The molecule has 1 aliphatic rings. The van der Waals surface area contributed by atoms with Crippen molar-refractivity contribution in [1.82, 2.24) is 15.2 Å². The van der Waals surface area contributed by atoms with Crippen LogP contribution in [0.25, 0.3) is 10.9 Å². The lowest BCUT2D eigenvalue weighted by molar-refractivity contribution is -0.121. The Bertz CT molecular complexity index is 1050. The number of hydrogen-bond acceptors (Lipinski definition) is 4. The maximum Gasteiger partial charge on any atom is 0.248 e. The van der Waals surface area contributed by atoms with E-state index in [4.69, 9.17) is 0 Å². The second-order valence-corrected chi connectivity index (χ2v) is 7.65. The number of aromatic amines is 1. The van der Waals surface area contributed by atoms with Gasteiger partial charge in [0.25, 0.3) is 0 Å². The number of β-amino-alcohol motifs (C(OH)–C–C–N with tert-alkyl or cyclic N) is 1. The van der Waals surface area contributed by atoms with Crippen molar-refractivity contribution < 1.29 is 9.90 Å². The number of hydrogen-bond donors (Lipinski definition) is 3. The van der Waals surface area contributed by atoms with Gasteiger partial charge in [-0.25, -0.2) is 0 Å². The van der Waals surface area contributed by atoms with Gasteiger partial charge in [0, 0.05) is 31.2 Å². The van der Waals surface area contributed by atoms with Crippen LogP contribution in [0.4, 0.5) is 0 Å². The molecular weight excluding hydrogens is 366 g/mol. The number of nitrogens with zero attached hydrogens (tertiary/aromatic N) is 1. The Morgan fingerprint density at radius 3 is 2.76 bits per heavy atom. The van der Waals surface area contributed by atoms with E-state index in [1.807, 2.05) is 48.5 Å². The van der Waals surface area contributed by atoms with E-state index in [1.54, 1.807) is 6.07 Å². The minimum absolute atomic E-state index is 0.0534. The molecule has 3 aromatic rings. The normalized spacial score (nSPS) is 18.0. The molecule has 2 atom stereocenters. The molecule has 4 rings (SSSR count). The number of carbonyl (C=O) groups is 1. The van der Waals surface area contributed by atoms with Crippen LogP contribution >= 0.6 is 0 Å². The lowest BCUT2D eigenvalue weighted by Crippen LogP contribution is -2.38. The van der Waals surface area contributed by atoms with Crippen molar-refractivity contribution in [1.29, 1.82) is 0 Å². The van der Waals surface area contributed by atoms with Gasteiger partial charge in [0.2, 0.25) is 11.5 Å². The fraction of sp³-hybridized carbons (Fsp3) is 0.304. The summed E-state index contributed by atoms with van der Waals surface area (Å²) < 4.78 is 0. The lowest BCUT2D eigenvalue weighted by Gasteiger charge is -2.25. The summed E-state index contributed by atoms with van der Waals surface area (Å²) in [6.45, 7) is 2.15. The Kier molecular flexibility index (Phi) is 5.74. The molecule has 1 fully saturated rings. The van der Waals surface area contributed by atoms with Gasteiger partial charge in [0.05, 0.1) is 18.6 Å². The third-order valence-corrected chi connectivity index (χ3v) is 5.38. The minimum atomic E-state index is -0.286. The number of amides is 1. The number of nitrogens with one attached hydrogen (secondary N) is 2. The second-order valence-electron chi connectivity index (χ2n) is 7.65. The Morgan fingerprint density at radius 1 is 1.17 bits per heavy atom. The van der Waals surface area contributed by atoms with Gasteiger partial charge in [0.15, 0.2) is 0 Å². The molecule has 2 heterocycles. The van der Waals surface area contributed by atoms with E-state index in [-0.39, 0.29) is 30.0 Å². The molecule has 3 N–H and O–H groups in total. The predicted octanol–water partition coefficient (Wildman–Crippen LogP) is 1.99. The summed E-state index contributed by atoms with van der Waals surface area (Å²) in [7, 11) is 0. The molecule has 1 amide bonds. The van der Waals surface area contributed by atoms with Crippen molar-refractivity contribution in [3.63, 3.8) is 0 Å². The van der Waals surface area contributed by atoms with Crippen molar-refractivity contribution in [3.8, 4) is 0 Å². The number of H-pyrrole nitrogens is 1. The summed E-state index contributed by atoms with van der Waals surface area (Å²) in [5.41, 5.74) is 2.57. The Morgan fingerprint density at radius 2 is 2.00 bits per heavy atom. The SMILES string of the molecule is O=C(Cc1ccc2[nH]c(=O)ccc2c1)N[C@H](CN1CC[C@H](O)C1)c1ccccc1. The van der Waals surface area contributed by atoms with Gasteiger partial charge in [0.1, 0.15) is 0 Å². The largest absolute Gasteiger partial charge is 0.392 e. The summed E-state index contributed by atoms with van der Waals surface area (Å²) in [5.74, 6) is -0.0534. The summed E-state index contributed by atoms with van der Waals surface area (Å²) in [6.07, 6.45) is 0.751. The molecule has 0 aliphatic carbocycles. The van der Waals surface area contributed by atoms with Crippen LogP contribution in [-0.4, -0.2) is 46.6 Å². The molecule has 29 heavy (non-hydrogen) atoms. The summed E-state index contributed by atoms with van der Waals surface area (Å²) in [4.78, 5) is 29.2. The van der Waals surface area contributed by atoms with Crippen LogP contribution in [0.15, 0.2) is 65.5 Å². The second kappa shape index (κ2) is 8.59. The average Bonchev–Trinajstić information content (AvgIpc) is 3.13. The lowest BCUT2D eigenvalue weighted by atomic mass is 10.0. The first kappa shape index (κ1) is 19.4. The van der Waals surface area contributed by atoms with Crippen LogP contribution in [0.5, 0.6) is 0 Å². The first-order valence-electron chi connectivity index (χ1n) is 9.93. The van der Waals surface area contributed by atoms with E-state index < -0.39 is 0 Å². The highest BCUT2D eigenvalue weighted by Gasteiger charge is 2.24. The monoisotopic (exact) mass is 391 g/mol. The van der Waals surface area contributed by atoms with Crippen LogP contribution in [0.3, 0.4) is 0 Å². The molecule has 0 spiro atoms. The van der Waals surface area contributed by atoms with E-state index >= 15 is 0 Å². The third kappa shape index (κ3) is 4.91. The summed E-state index contributed by atoms with van der Waals surface area (Å²) in [6, 6.07) is 18.7. The number of aliphatic hydroxyl groups excluding tert-OH is 1. The first-order chi connectivity index (χ1) is 14.1. The van der Waals surface area contributed by atoms with Crippen molar-refractivity contribution in [2.75, 3.05) is 19.6 Å². The summed E-state index contributed by atoms with van der Waals surface area (Å²) >= 11 is 0. The Hall–Kier alpha value is -2.96. The zero-order valence-corrected chi connectivity index (χ0v) is 16.2. The van der Waals surface area contributed by atoms with Gasteiger partial charge >= 0.3 is 0 Å². The highest BCUT2D eigenvalue weighted by atomic mass is 16.3. The summed E-state index contributed by atoms with van der Waals surface area (Å²) in [5, 5.41) is 13.9. The van der Waals surface area contributed by atoms with E-state index in [1.165, 1.54) is 6.07 Å². The number of aliphatic hydroxyl groups is 1. The standard InChI is InChI=1S/C23H25N3O3/c27-19-10-11-26(14-19)15-21(17-4-2-1-3-5-17)25-23(29)13-16-6-8-20-18(12-16)7-9-22(28)24-20/h1-9,12,19,21,27H,10-11,13-15H2,(H,24,28)(H,25,29)/t19-,21+/m0/s1. The first-order valence-corrected chi connectivity index (χ1v) is 9.93. The number of likely N-dealkylation sites (tertiary alicyclic amines) is 1. The van der Waals surface area contributed by atoms with Crippen molar-refractivity contribution >= 4 is 16.8 Å². The van der Waals surface area contributed by atoms with Crippen molar-refractivity contribution in [3.05, 3.63) is 82.1 Å². The number of benzene rings is 2. The maximum absolute atomic E-state index is 12.8. The van der Waals surface area contributed by atoms with Crippen LogP contribution < -0.4 is 10.9 Å². The average molecular weight is 391 g/mol. The molecule has 150 valence electrons. The molecule has 6 heteroatoms. The fourth-order valence-electron chi connectivity index (χ4n) is 3.90. The van der Waals surface area contributed by atoms with Gasteiger partial charge in [-0.15, -0.1) is 0 Å².